The molecule has 7 nitrogen and oxygen atoms in total. The van der Waals surface area contributed by atoms with Gasteiger partial charge in [0.05, 0.1) is 17.7 Å². The zero-order valence-corrected chi connectivity index (χ0v) is 18.1. The minimum Gasteiger partial charge on any atom is -0.491 e. The van der Waals surface area contributed by atoms with Gasteiger partial charge < -0.3 is 19.9 Å². The smallest absolute Gasteiger partial charge is 0.231 e. The van der Waals surface area contributed by atoms with Crippen LogP contribution in [0.5, 0.6) is 5.75 Å². The highest BCUT2D eigenvalue weighted by Crippen LogP contribution is 2.37. The summed E-state index contributed by atoms with van der Waals surface area (Å²) in [5.41, 5.74) is 3.26. The number of benzene rings is 1. The summed E-state index contributed by atoms with van der Waals surface area (Å²) in [4.78, 5) is 16.6. The van der Waals surface area contributed by atoms with Crippen LogP contribution in [-0.2, 0) is 11.2 Å². The second kappa shape index (κ2) is 9.40. The molecule has 1 saturated heterocycles. The third kappa shape index (κ3) is 4.88. The number of ether oxygens (including phenoxy) is 1. The molecule has 2 aromatic heterocycles. The lowest BCUT2D eigenvalue weighted by atomic mass is 10.0. The molecule has 3 heterocycles. The fourth-order valence-corrected chi connectivity index (χ4v) is 4.35. The van der Waals surface area contributed by atoms with Crippen LogP contribution in [0.25, 0.3) is 11.1 Å². The maximum atomic E-state index is 12.4. The van der Waals surface area contributed by atoms with E-state index in [1.165, 1.54) is 24.2 Å². The van der Waals surface area contributed by atoms with Gasteiger partial charge in [-0.1, -0.05) is 11.6 Å². The molecule has 8 heteroatoms. The van der Waals surface area contributed by atoms with Crippen molar-refractivity contribution in [2.45, 2.75) is 45.6 Å². The molecule has 0 saturated carbocycles. The Bertz CT molecular complexity index is 974. The second-order valence-corrected chi connectivity index (χ2v) is 8.50. The van der Waals surface area contributed by atoms with Crippen LogP contribution in [0.3, 0.4) is 0 Å². The molecule has 0 radical (unpaired) electrons. The van der Waals surface area contributed by atoms with Crippen LogP contribution < -0.4 is 15.4 Å². The predicted molar refractivity (Wildman–Crippen MR) is 117 cm³/mol. The van der Waals surface area contributed by atoms with E-state index >= 15 is 0 Å². The fourth-order valence-electron chi connectivity index (χ4n) is 3.74. The maximum Gasteiger partial charge on any atom is 0.231 e. The number of aryl methyl sites for hydroxylation is 2. The first-order valence-electron chi connectivity index (χ1n) is 10.2. The number of carbonyl (C=O) groups excluding carboxylic acids is 1. The molecule has 1 amide bonds. The van der Waals surface area contributed by atoms with E-state index in [9.17, 15) is 4.79 Å². The Labute approximate surface area is 179 Å². The Morgan fingerprint density at radius 1 is 1.37 bits per heavy atom. The van der Waals surface area contributed by atoms with Crippen molar-refractivity contribution in [3.8, 4) is 16.9 Å². The van der Waals surface area contributed by atoms with E-state index in [1.807, 2.05) is 37.4 Å². The second-order valence-electron chi connectivity index (χ2n) is 7.52. The van der Waals surface area contributed by atoms with Gasteiger partial charge in [0.15, 0.2) is 0 Å². The zero-order chi connectivity index (χ0) is 20.9. The Morgan fingerprint density at radius 3 is 2.97 bits per heavy atom. The molecule has 3 aromatic rings. The van der Waals surface area contributed by atoms with Crippen molar-refractivity contribution in [2.75, 3.05) is 18.5 Å². The van der Waals surface area contributed by atoms with E-state index in [4.69, 9.17) is 9.26 Å². The van der Waals surface area contributed by atoms with Gasteiger partial charge >= 0.3 is 0 Å². The van der Waals surface area contributed by atoms with Crippen molar-refractivity contribution in [1.29, 1.82) is 0 Å². The molecule has 2 N–H and O–H groups in total. The van der Waals surface area contributed by atoms with Gasteiger partial charge in [0.25, 0.3) is 0 Å². The molecule has 1 aromatic carbocycles. The summed E-state index contributed by atoms with van der Waals surface area (Å²) >= 11 is 1.47. The van der Waals surface area contributed by atoms with Gasteiger partial charge in [-0.2, -0.15) is 0 Å². The number of thiazole rings is 1. The average molecular weight is 427 g/mol. The van der Waals surface area contributed by atoms with Crippen molar-refractivity contribution in [3.05, 3.63) is 46.2 Å². The van der Waals surface area contributed by atoms with E-state index in [2.05, 4.69) is 20.8 Å². The Kier molecular flexibility index (Phi) is 6.44. The van der Waals surface area contributed by atoms with Crippen LogP contribution in [0.1, 0.15) is 35.7 Å². The largest absolute Gasteiger partial charge is 0.491 e. The molecule has 30 heavy (non-hydrogen) atoms. The first-order valence-corrected chi connectivity index (χ1v) is 11.1. The SMILES string of the molecule is Cc1noc(C)c1-c1cc(NC(=O)Cc2nccs2)ccc1OC[C@H]1CCCCN1. The van der Waals surface area contributed by atoms with Gasteiger partial charge in [-0.25, -0.2) is 4.98 Å². The number of nitrogens with zero attached hydrogens (tertiary/aromatic N) is 2. The average Bonchev–Trinajstić information content (AvgIpc) is 3.37. The van der Waals surface area contributed by atoms with E-state index < -0.39 is 0 Å². The van der Waals surface area contributed by atoms with E-state index in [-0.39, 0.29) is 12.3 Å². The molecule has 1 aliphatic rings. The van der Waals surface area contributed by atoms with Crippen molar-refractivity contribution in [1.82, 2.24) is 15.5 Å². The van der Waals surface area contributed by atoms with Gasteiger partial charge in [-0.3, -0.25) is 4.79 Å². The number of anilines is 1. The van der Waals surface area contributed by atoms with Gasteiger partial charge in [0.1, 0.15) is 23.1 Å². The van der Waals surface area contributed by atoms with Crippen LogP contribution in [-0.4, -0.2) is 35.2 Å². The zero-order valence-electron chi connectivity index (χ0n) is 17.2. The van der Waals surface area contributed by atoms with Crippen molar-refractivity contribution < 1.29 is 14.1 Å². The Hall–Kier alpha value is -2.71. The molecule has 1 atom stereocenters. The lowest BCUT2D eigenvalue weighted by Gasteiger charge is -2.24. The number of hydrogen-bond donors (Lipinski definition) is 2. The summed E-state index contributed by atoms with van der Waals surface area (Å²) in [6.45, 7) is 5.43. The summed E-state index contributed by atoms with van der Waals surface area (Å²) in [5.74, 6) is 1.38. The predicted octanol–water partition coefficient (Wildman–Crippen LogP) is 4.12. The molecule has 158 valence electrons. The first kappa shape index (κ1) is 20.6. The van der Waals surface area contributed by atoms with Gasteiger partial charge in [-0.05, 0) is 51.4 Å². The molecule has 0 spiro atoms. The summed E-state index contributed by atoms with van der Waals surface area (Å²) in [7, 11) is 0. The van der Waals surface area contributed by atoms with Crippen LogP contribution in [0, 0.1) is 13.8 Å². The maximum absolute atomic E-state index is 12.4. The first-order chi connectivity index (χ1) is 14.6. The quantitative estimate of drug-likeness (QED) is 0.591. The molecule has 1 aliphatic heterocycles. The summed E-state index contributed by atoms with van der Waals surface area (Å²) in [5, 5.41) is 13.2. The molecule has 1 fully saturated rings. The number of rotatable bonds is 7. The van der Waals surface area contributed by atoms with Gasteiger partial charge in [-0.15, -0.1) is 11.3 Å². The van der Waals surface area contributed by atoms with Crippen molar-refractivity contribution >= 4 is 22.9 Å². The summed E-state index contributed by atoms with van der Waals surface area (Å²) < 4.78 is 11.6. The van der Waals surface area contributed by atoms with Crippen molar-refractivity contribution in [2.24, 2.45) is 0 Å². The van der Waals surface area contributed by atoms with Gasteiger partial charge in [0.2, 0.25) is 5.91 Å². The van der Waals surface area contributed by atoms with E-state index in [1.54, 1.807) is 6.20 Å². The molecule has 0 unspecified atom stereocenters. The molecular weight excluding hydrogens is 400 g/mol. The number of aromatic nitrogens is 2. The van der Waals surface area contributed by atoms with Gasteiger partial charge in [0, 0.05) is 28.9 Å². The number of piperidine rings is 1. The lowest BCUT2D eigenvalue weighted by molar-refractivity contribution is -0.115. The van der Waals surface area contributed by atoms with E-state index in [0.29, 0.717) is 18.3 Å². The summed E-state index contributed by atoms with van der Waals surface area (Å²) in [6, 6.07) is 6.05. The third-order valence-electron chi connectivity index (χ3n) is 5.21. The number of hydrogen-bond acceptors (Lipinski definition) is 7. The van der Waals surface area contributed by atoms with Crippen LogP contribution in [0.2, 0.25) is 0 Å². The number of carbonyl (C=O) groups is 1. The molecular formula is C22H26N4O3S. The Morgan fingerprint density at radius 2 is 2.27 bits per heavy atom. The number of amides is 1. The lowest BCUT2D eigenvalue weighted by Crippen LogP contribution is -2.38. The highest BCUT2D eigenvalue weighted by atomic mass is 32.1. The minimum atomic E-state index is -0.102. The molecule has 0 bridgehead atoms. The normalized spacial score (nSPS) is 16.4. The van der Waals surface area contributed by atoms with Crippen LogP contribution in [0.15, 0.2) is 34.3 Å². The van der Waals surface area contributed by atoms with Crippen LogP contribution >= 0.6 is 11.3 Å². The standard InChI is InChI=1S/C22H26N4O3S/c1-14-22(15(2)29-26-14)18-11-16(25-20(27)12-21-24-9-10-30-21)6-7-19(18)28-13-17-5-3-4-8-23-17/h6-7,9-11,17,23H,3-5,8,12-13H2,1-2H3,(H,25,27)/t17-/m1/s1. The number of nitrogens with one attached hydrogen (secondary N) is 2. The highest BCUT2D eigenvalue weighted by molar-refractivity contribution is 7.09. The fraction of sp³-hybridized carbons (Fsp3) is 0.409. The third-order valence-corrected chi connectivity index (χ3v) is 5.99. The van der Waals surface area contributed by atoms with Crippen LogP contribution in [0.4, 0.5) is 5.69 Å². The minimum absolute atomic E-state index is 0.102. The monoisotopic (exact) mass is 426 g/mol. The molecule has 0 aliphatic carbocycles. The van der Waals surface area contributed by atoms with Crippen molar-refractivity contribution in [3.63, 3.8) is 0 Å². The summed E-state index contributed by atoms with van der Waals surface area (Å²) in [6.07, 6.45) is 5.52. The molecule has 4 rings (SSSR count). The van der Waals surface area contributed by atoms with E-state index in [0.717, 1.165) is 46.3 Å². The topological polar surface area (TPSA) is 89.3 Å². The Balaban J connectivity index is 1.55. The highest BCUT2D eigenvalue weighted by Gasteiger charge is 2.19.